The van der Waals surface area contributed by atoms with E-state index in [-0.39, 0.29) is 41.3 Å². The van der Waals surface area contributed by atoms with Gasteiger partial charge in [-0.05, 0) is 48.4 Å². The van der Waals surface area contributed by atoms with Crippen molar-refractivity contribution in [1.82, 2.24) is 20.1 Å². The van der Waals surface area contributed by atoms with E-state index in [0.717, 1.165) is 33.8 Å². The van der Waals surface area contributed by atoms with Crippen LogP contribution in [0.2, 0.25) is 5.02 Å². The summed E-state index contributed by atoms with van der Waals surface area (Å²) < 4.78 is 1.85. The number of aromatic nitrogens is 3. The fourth-order valence-electron chi connectivity index (χ4n) is 4.87. The van der Waals surface area contributed by atoms with Gasteiger partial charge in [-0.1, -0.05) is 68.8 Å². The van der Waals surface area contributed by atoms with E-state index in [4.69, 9.17) is 16.7 Å². The molecule has 0 aliphatic carbocycles. The Morgan fingerprint density at radius 3 is 2.58 bits per heavy atom. The Labute approximate surface area is 243 Å². The van der Waals surface area contributed by atoms with Gasteiger partial charge in [0.1, 0.15) is 12.4 Å². The van der Waals surface area contributed by atoms with E-state index in [0.29, 0.717) is 10.8 Å². The highest BCUT2D eigenvalue weighted by molar-refractivity contribution is 8.00. The first-order chi connectivity index (χ1) is 19.1. The molecule has 0 saturated heterocycles. The lowest BCUT2D eigenvalue weighted by molar-refractivity contribution is -0.123. The van der Waals surface area contributed by atoms with Crippen LogP contribution in [0.5, 0.6) is 0 Å². The number of rotatable bonds is 6. The van der Waals surface area contributed by atoms with Crippen molar-refractivity contribution in [2.24, 2.45) is 0 Å². The van der Waals surface area contributed by atoms with Gasteiger partial charge < -0.3 is 5.32 Å². The first-order valence-electron chi connectivity index (χ1n) is 13.2. The summed E-state index contributed by atoms with van der Waals surface area (Å²) >= 11 is 7.97. The molecule has 2 aromatic carbocycles. The number of benzene rings is 2. The SMILES string of the molecule is Cc1ccccc1-n1nc(C(C)(C)C)c2c1N(CC(=O)NCc1ccccn1)C(=O)CS[C@H]2c1cccc(Cl)c1. The Hall–Kier alpha value is -3.62. The molecule has 2 amide bonds. The first-order valence-corrected chi connectivity index (χ1v) is 14.6. The fraction of sp³-hybridized carbons (Fsp3) is 0.290. The number of thioether (sulfide) groups is 1. The number of anilines is 1. The van der Waals surface area contributed by atoms with Crippen molar-refractivity contribution in [3.63, 3.8) is 0 Å². The molecule has 1 aliphatic rings. The van der Waals surface area contributed by atoms with Crippen LogP contribution in [-0.4, -0.2) is 38.9 Å². The summed E-state index contributed by atoms with van der Waals surface area (Å²) in [6.07, 6.45) is 1.69. The summed E-state index contributed by atoms with van der Waals surface area (Å²) in [5.41, 5.74) is 5.06. The van der Waals surface area contributed by atoms with E-state index >= 15 is 0 Å². The molecule has 1 atom stereocenters. The molecule has 1 N–H and O–H groups in total. The average molecular weight is 574 g/mol. The van der Waals surface area contributed by atoms with Crippen LogP contribution >= 0.6 is 23.4 Å². The van der Waals surface area contributed by atoms with Gasteiger partial charge in [-0.3, -0.25) is 19.5 Å². The molecule has 2 aromatic heterocycles. The molecule has 9 heteroatoms. The van der Waals surface area contributed by atoms with E-state index in [1.165, 1.54) is 11.8 Å². The topological polar surface area (TPSA) is 80.1 Å². The lowest BCUT2D eigenvalue weighted by Gasteiger charge is -2.25. The van der Waals surface area contributed by atoms with Gasteiger partial charge in [0, 0.05) is 22.2 Å². The number of carbonyl (C=O) groups excluding carboxylic acids is 2. The van der Waals surface area contributed by atoms with Crippen LogP contribution in [-0.2, 0) is 21.5 Å². The normalized spacial score (nSPS) is 15.5. The first kappa shape index (κ1) is 27.9. The maximum Gasteiger partial charge on any atom is 0.240 e. The monoisotopic (exact) mass is 573 g/mol. The maximum absolute atomic E-state index is 13.8. The van der Waals surface area contributed by atoms with Gasteiger partial charge in [0.05, 0.1) is 34.6 Å². The van der Waals surface area contributed by atoms with E-state index in [1.807, 2.05) is 78.3 Å². The van der Waals surface area contributed by atoms with Gasteiger partial charge in [0.15, 0.2) is 0 Å². The van der Waals surface area contributed by atoms with Crippen molar-refractivity contribution >= 4 is 41.0 Å². The second-order valence-corrected chi connectivity index (χ2v) is 12.4. The molecule has 0 fully saturated rings. The van der Waals surface area contributed by atoms with Crippen LogP contribution < -0.4 is 10.2 Å². The molecule has 0 unspecified atom stereocenters. The Kier molecular flexibility index (Phi) is 8.01. The van der Waals surface area contributed by atoms with Crippen molar-refractivity contribution < 1.29 is 9.59 Å². The zero-order valence-corrected chi connectivity index (χ0v) is 24.6. The number of pyridine rings is 1. The van der Waals surface area contributed by atoms with E-state index in [2.05, 4.69) is 31.1 Å². The number of aryl methyl sites for hydroxylation is 1. The number of hydrogen-bond acceptors (Lipinski definition) is 5. The highest BCUT2D eigenvalue weighted by Gasteiger charge is 2.40. The molecule has 4 aromatic rings. The number of halogens is 1. The quantitative estimate of drug-likeness (QED) is 0.305. The largest absolute Gasteiger partial charge is 0.349 e. The molecule has 1 aliphatic heterocycles. The predicted molar refractivity (Wildman–Crippen MR) is 161 cm³/mol. The molecular formula is C31H32ClN5O2S. The summed E-state index contributed by atoms with van der Waals surface area (Å²) in [6, 6.07) is 21.3. The molecule has 0 bridgehead atoms. The van der Waals surface area contributed by atoms with Gasteiger partial charge >= 0.3 is 0 Å². The van der Waals surface area contributed by atoms with E-state index in [9.17, 15) is 9.59 Å². The molecule has 3 heterocycles. The predicted octanol–water partition coefficient (Wildman–Crippen LogP) is 6.01. The molecule has 0 saturated carbocycles. The Morgan fingerprint density at radius 2 is 1.88 bits per heavy atom. The zero-order valence-electron chi connectivity index (χ0n) is 23.0. The fourth-order valence-corrected chi connectivity index (χ4v) is 6.25. The van der Waals surface area contributed by atoms with Crippen LogP contribution in [0.25, 0.3) is 5.69 Å². The number of carbonyl (C=O) groups is 2. The lowest BCUT2D eigenvalue weighted by Crippen LogP contribution is -2.42. The number of nitrogens with one attached hydrogen (secondary N) is 1. The van der Waals surface area contributed by atoms with Crippen molar-refractivity contribution in [2.75, 3.05) is 17.2 Å². The van der Waals surface area contributed by atoms with Crippen molar-refractivity contribution in [3.05, 3.63) is 106 Å². The zero-order chi connectivity index (χ0) is 28.4. The van der Waals surface area contributed by atoms with Gasteiger partial charge in [0.25, 0.3) is 0 Å². The van der Waals surface area contributed by atoms with Gasteiger partial charge in [-0.25, -0.2) is 4.68 Å². The van der Waals surface area contributed by atoms with Gasteiger partial charge in [0.2, 0.25) is 11.8 Å². The van der Waals surface area contributed by atoms with Crippen molar-refractivity contribution in [3.8, 4) is 5.69 Å². The smallest absolute Gasteiger partial charge is 0.240 e. The molecule has 0 radical (unpaired) electrons. The van der Waals surface area contributed by atoms with Crippen LogP contribution in [0, 0.1) is 6.92 Å². The summed E-state index contributed by atoms with van der Waals surface area (Å²) in [4.78, 5) is 33.0. The third kappa shape index (κ3) is 5.78. The standard InChI is InChI=1S/C31H32ClN5O2S/c1-20-10-5-6-14-24(20)37-30-27(29(35-37)31(2,3)4)28(21-11-9-12-22(32)16-21)40-19-26(39)36(30)18-25(38)34-17-23-13-7-8-15-33-23/h5-16,28H,17-19H2,1-4H3,(H,34,38)/t28-/m0/s1. The molecule has 206 valence electrons. The Balaban J connectivity index is 1.67. The molecular weight excluding hydrogens is 542 g/mol. The van der Waals surface area contributed by atoms with Crippen molar-refractivity contribution in [2.45, 2.75) is 44.9 Å². The summed E-state index contributed by atoms with van der Waals surface area (Å²) in [5.74, 6) is 0.397. The Morgan fingerprint density at radius 1 is 1.10 bits per heavy atom. The number of hydrogen-bond donors (Lipinski definition) is 1. The summed E-state index contributed by atoms with van der Waals surface area (Å²) in [6.45, 7) is 8.52. The number of para-hydroxylation sites is 1. The van der Waals surface area contributed by atoms with Crippen LogP contribution in [0.15, 0.2) is 72.9 Å². The summed E-state index contributed by atoms with van der Waals surface area (Å²) in [7, 11) is 0. The maximum atomic E-state index is 13.8. The second-order valence-electron chi connectivity index (χ2n) is 10.9. The van der Waals surface area contributed by atoms with E-state index < -0.39 is 0 Å². The third-order valence-electron chi connectivity index (χ3n) is 6.79. The summed E-state index contributed by atoms with van der Waals surface area (Å²) in [5, 5.41) is 8.51. The van der Waals surface area contributed by atoms with Gasteiger partial charge in [-0.2, -0.15) is 5.10 Å². The average Bonchev–Trinajstić information content (AvgIpc) is 3.26. The molecule has 40 heavy (non-hydrogen) atoms. The highest BCUT2D eigenvalue weighted by Crippen LogP contribution is 2.48. The van der Waals surface area contributed by atoms with E-state index in [1.54, 1.807) is 11.1 Å². The number of amides is 2. The minimum Gasteiger partial charge on any atom is -0.349 e. The van der Waals surface area contributed by atoms with Crippen molar-refractivity contribution in [1.29, 1.82) is 0 Å². The van der Waals surface area contributed by atoms with Gasteiger partial charge in [-0.15, -0.1) is 11.8 Å². The minimum atomic E-state index is -0.338. The van der Waals surface area contributed by atoms with Crippen LogP contribution in [0.1, 0.15) is 54.1 Å². The van der Waals surface area contributed by atoms with Crippen LogP contribution in [0.4, 0.5) is 5.82 Å². The highest BCUT2D eigenvalue weighted by atomic mass is 35.5. The molecule has 5 rings (SSSR count). The van der Waals surface area contributed by atoms with Crippen LogP contribution in [0.3, 0.4) is 0 Å². The second kappa shape index (κ2) is 11.5. The lowest BCUT2D eigenvalue weighted by atomic mass is 9.87. The Bertz CT molecular complexity index is 1550. The number of nitrogens with zero attached hydrogens (tertiary/aromatic N) is 4. The third-order valence-corrected chi connectivity index (χ3v) is 8.28. The number of fused-ring (bicyclic) bond motifs is 1. The molecule has 0 spiro atoms. The molecule has 7 nitrogen and oxygen atoms in total. The minimum absolute atomic E-state index is 0.136.